The summed E-state index contributed by atoms with van der Waals surface area (Å²) in [6.07, 6.45) is 1.83. The van der Waals surface area contributed by atoms with Gasteiger partial charge in [-0.2, -0.15) is 5.10 Å². The number of aromatic amines is 1. The first-order valence-electron chi connectivity index (χ1n) is 11.7. The third kappa shape index (κ3) is 5.46. The minimum atomic E-state index is -3.89. The molecule has 1 heterocycles. The van der Waals surface area contributed by atoms with Crippen molar-refractivity contribution in [1.82, 2.24) is 15.1 Å². The summed E-state index contributed by atoms with van der Waals surface area (Å²) in [7, 11) is -3.89. The molecule has 1 amide bonds. The number of sulfone groups is 1. The summed E-state index contributed by atoms with van der Waals surface area (Å²) < 4.78 is 27.4. The highest BCUT2D eigenvalue weighted by Gasteiger charge is 2.31. The molecule has 0 radical (unpaired) electrons. The first kappa shape index (κ1) is 27.4. The van der Waals surface area contributed by atoms with Gasteiger partial charge in [0, 0.05) is 24.0 Å². The zero-order chi connectivity index (χ0) is 25.0. The van der Waals surface area contributed by atoms with Crippen LogP contribution in [0.1, 0.15) is 31.1 Å². The molecule has 0 saturated heterocycles. The molecule has 4 aromatic rings. The van der Waals surface area contributed by atoms with E-state index in [-0.39, 0.29) is 23.3 Å². The number of fused-ring (bicyclic) bond motifs is 2. The van der Waals surface area contributed by atoms with Crippen LogP contribution in [0.3, 0.4) is 0 Å². The van der Waals surface area contributed by atoms with Crippen LogP contribution >= 0.6 is 12.4 Å². The Morgan fingerprint density at radius 1 is 1.08 bits per heavy atom. The lowest BCUT2D eigenvalue weighted by molar-refractivity contribution is -0.116. The summed E-state index contributed by atoms with van der Waals surface area (Å²) in [5, 5.41) is 11.2. The molecule has 7 nitrogen and oxygen atoms in total. The van der Waals surface area contributed by atoms with E-state index in [1.165, 1.54) is 6.08 Å². The molecule has 0 aliphatic rings. The highest BCUT2D eigenvalue weighted by atomic mass is 35.5. The molecule has 9 heteroatoms. The zero-order valence-corrected chi connectivity index (χ0v) is 22.0. The van der Waals surface area contributed by atoms with E-state index in [9.17, 15) is 13.2 Å². The molecule has 1 atom stereocenters. The number of nitrogens with zero attached hydrogens (tertiary/aromatic N) is 2. The van der Waals surface area contributed by atoms with Gasteiger partial charge in [-0.05, 0) is 47.6 Å². The van der Waals surface area contributed by atoms with Crippen molar-refractivity contribution in [3.63, 3.8) is 0 Å². The van der Waals surface area contributed by atoms with Crippen molar-refractivity contribution in [3.8, 4) is 0 Å². The predicted octanol–water partition coefficient (Wildman–Crippen LogP) is 5.51. The molecule has 0 aliphatic heterocycles. The van der Waals surface area contributed by atoms with Crippen molar-refractivity contribution in [2.24, 2.45) is 0 Å². The van der Waals surface area contributed by atoms with Gasteiger partial charge in [-0.1, -0.05) is 62.4 Å². The summed E-state index contributed by atoms with van der Waals surface area (Å²) in [5.74, 6) is -0.0914. The minimum absolute atomic E-state index is 0. The van der Waals surface area contributed by atoms with Crippen molar-refractivity contribution in [2.75, 3.05) is 25.0 Å². The van der Waals surface area contributed by atoms with E-state index in [0.717, 1.165) is 23.9 Å². The van der Waals surface area contributed by atoms with Crippen molar-refractivity contribution < 1.29 is 13.2 Å². The Hall–Kier alpha value is -3.20. The van der Waals surface area contributed by atoms with Gasteiger partial charge in [0.2, 0.25) is 15.7 Å². The Bertz CT molecular complexity index is 1470. The maximum atomic E-state index is 13.7. The first-order valence-corrected chi connectivity index (χ1v) is 13.3. The van der Waals surface area contributed by atoms with Crippen molar-refractivity contribution in [1.29, 1.82) is 0 Å². The van der Waals surface area contributed by atoms with E-state index >= 15 is 0 Å². The molecular formula is C27H31ClN4O3S. The molecule has 0 fully saturated rings. The van der Waals surface area contributed by atoms with Crippen LogP contribution in [0.15, 0.2) is 78.3 Å². The standard InChI is InChI=1S/C27H30N4O3S.ClH/c1-4-25(22-13-9-11-19-10-7-8-12-21(19)22)35(33,34)27-23-15-14-20(18-24(23)29-30-27)28-26(32)16-17-31(5-2)6-3;/h4,7-15,18,25H,1,5-6,16-17H2,2-3H3,(H,28,32)(H,29,30);1H. The van der Waals surface area contributed by atoms with E-state index in [0.29, 0.717) is 35.1 Å². The summed E-state index contributed by atoms with van der Waals surface area (Å²) in [4.78, 5) is 14.6. The number of nitrogens with one attached hydrogen (secondary N) is 2. The maximum Gasteiger partial charge on any atom is 0.225 e. The Morgan fingerprint density at radius 2 is 1.81 bits per heavy atom. The van der Waals surface area contributed by atoms with Gasteiger partial charge in [0.1, 0.15) is 5.25 Å². The van der Waals surface area contributed by atoms with E-state index in [1.807, 2.05) is 42.5 Å². The van der Waals surface area contributed by atoms with Gasteiger partial charge in [0.05, 0.1) is 5.52 Å². The average molecular weight is 527 g/mol. The Kier molecular flexibility index (Phi) is 8.89. The monoisotopic (exact) mass is 526 g/mol. The molecule has 1 unspecified atom stereocenters. The van der Waals surface area contributed by atoms with Gasteiger partial charge in [-0.15, -0.1) is 19.0 Å². The van der Waals surface area contributed by atoms with Crippen LogP contribution in [0.4, 0.5) is 5.69 Å². The minimum Gasteiger partial charge on any atom is -0.326 e. The Labute approximate surface area is 217 Å². The third-order valence-corrected chi connectivity index (χ3v) is 8.27. The Morgan fingerprint density at radius 3 is 2.53 bits per heavy atom. The van der Waals surface area contributed by atoms with Gasteiger partial charge in [-0.3, -0.25) is 9.89 Å². The lowest BCUT2D eigenvalue weighted by Gasteiger charge is -2.17. The second-order valence-corrected chi connectivity index (χ2v) is 10.4. The van der Waals surface area contributed by atoms with Gasteiger partial charge in [0.25, 0.3) is 0 Å². The lowest BCUT2D eigenvalue weighted by Crippen LogP contribution is -2.27. The molecule has 1 aromatic heterocycles. The van der Waals surface area contributed by atoms with Crippen LogP contribution in [0.2, 0.25) is 0 Å². The molecule has 2 N–H and O–H groups in total. The molecule has 0 saturated carbocycles. The largest absolute Gasteiger partial charge is 0.326 e. The molecule has 4 rings (SSSR count). The number of H-pyrrole nitrogens is 1. The zero-order valence-electron chi connectivity index (χ0n) is 20.4. The van der Waals surface area contributed by atoms with Crippen LogP contribution in [-0.4, -0.2) is 49.1 Å². The maximum absolute atomic E-state index is 13.7. The molecular weight excluding hydrogens is 496 g/mol. The van der Waals surface area contributed by atoms with Crippen molar-refractivity contribution in [3.05, 3.63) is 78.9 Å². The quantitative estimate of drug-likeness (QED) is 0.266. The molecule has 0 aliphatic carbocycles. The third-order valence-electron chi connectivity index (χ3n) is 6.31. The topological polar surface area (TPSA) is 95.2 Å². The normalized spacial score (nSPS) is 12.4. The van der Waals surface area contributed by atoms with Crippen LogP contribution in [0.25, 0.3) is 21.7 Å². The fourth-order valence-corrected chi connectivity index (χ4v) is 6.04. The van der Waals surface area contributed by atoms with E-state index in [2.05, 4.69) is 40.8 Å². The van der Waals surface area contributed by atoms with Crippen LogP contribution in [-0.2, 0) is 14.6 Å². The van der Waals surface area contributed by atoms with E-state index in [4.69, 9.17) is 0 Å². The highest BCUT2D eigenvalue weighted by Crippen LogP contribution is 2.36. The molecule has 190 valence electrons. The van der Waals surface area contributed by atoms with E-state index < -0.39 is 15.1 Å². The average Bonchev–Trinajstić information content (AvgIpc) is 3.29. The summed E-state index contributed by atoms with van der Waals surface area (Å²) >= 11 is 0. The smallest absolute Gasteiger partial charge is 0.225 e. The summed E-state index contributed by atoms with van der Waals surface area (Å²) in [5.41, 5.74) is 1.78. The molecule has 0 bridgehead atoms. The van der Waals surface area contributed by atoms with Crippen molar-refractivity contribution in [2.45, 2.75) is 30.5 Å². The molecule has 0 spiro atoms. The fourth-order valence-electron chi connectivity index (χ4n) is 4.35. The Balaban J connectivity index is 0.00000361. The molecule has 3 aromatic carbocycles. The number of carbonyl (C=O) groups excluding carboxylic acids is 1. The number of amides is 1. The lowest BCUT2D eigenvalue weighted by atomic mass is 10.0. The van der Waals surface area contributed by atoms with Crippen LogP contribution in [0.5, 0.6) is 0 Å². The number of anilines is 1. The summed E-state index contributed by atoms with van der Waals surface area (Å²) in [6.45, 7) is 10.4. The number of carbonyl (C=O) groups is 1. The van der Waals surface area contributed by atoms with Gasteiger partial charge >= 0.3 is 0 Å². The number of hydrogen-bond acceptors (Lipinski definition) is 5. The second-order valence-electron chi connectivity index (χ2n) is 8.38. The number of aromatic nitrogens is 2. The van der Waals surface area contributed by atoms with Crippen LogP contribution < -0.4 is 5.32 Å². The second kappa shape index (κ2) is 11.7. The number of halogens is 1. The molecule has 36 heavy (non-hydrogen) atoms. The van der Waals surface area contributed by atoms with Gasteiger partial charge < -0.3 is 10.2 Å². The number of rotatable bonds is 10. The highest BCUT2D eigenvalue weighted by molar-refractivity contribution is 7.92. The summed E-state index contributed by atoms with van der Waals surface area (Å²) in [6, 6.07) is 18.4. The van der Waals surface area contributed by atoms with Crippen molar-refractivity contribution >= 4 is 55.5 Å². The number of hydrogen-bond donors (Lipinski definition) is 2. The fraction of sp³-hybridized carbons (Fsp3) is 0.259. The predicted molar refractivity (Wildman–Crippen MR) is 148 cm³/mol. The SMILES string of the molecule is C=CC(c1cccc2ccccc12)S(=O)(=O)c1n[nH]c2cc(NC(=O)CCN(CC)CC)ccc12.Cl. The van der Waals surface area contributed by atoms with Gasteiger partial charge in [0.15, 0.2) is 5.03 Å². The van der Waals surface area contributed by atoms with E-state index in [1.54, 1.807) is 18.2 Å². The first-order chi connectivity index (χ1) is 16.9. The van der Waals surface area contributed by atoms with Crippen LogP contribution in [0, 0.1) is 0 Å². The number of benzene rings is 3. The van der Waals surface area contributed by atoms with Gasteiger partial charge in [-0.25, -0.2) is 8.42 Å².